The summed E-state index contributed by atoms with van der Waals surface area (Å²) in [4.78, 5) is 0. The third-order valence-corrected chi connectivity index (χ3v) is 2.37. The molecule has 0 spiro atoms. The number of nitrogen functional groups attached to an aromatic ring is 1. The van der Waals surface area contributed by atoms with E-state index in [1.54, 1.807) is 18.2 Å². The highest BCUT2D eigenvalue weighted by Crippen LogP contribution is 2.25. The number of halogens is 4. The van der Waals surface area contributed by atoms with E-state index in [1.807, 2.05) is 0 Å². The van der Waals surface area contributed by atoms with Gasteiger partial charge in [0.05, 0.1) is 6.42 Å². The molecule has 84 valence electrons. The van der Waals surface area contributed by atoms with Crippen LogP contribution in [0.4, 0.5) is 24.5 Å². The van der Waals surface area contributed by atoms with Crippen molar-refractivity contribution < 1.29 is 13.2 Å². The van der Waals surface area contributed by atoms with Crippen LogP contribution >= 0.6 is 15.9 Å². The summed E-state index contributed by atoms with van der Waals surface area (Å²) in [7, 11) is 0. The highest BCUT2D eigenvalue weighted by atomic mass is 79.9. The van der Waals surface area contributed by atoms with Gasteiger partial charge in [0, 0.05) is 22.4 Å². The van der Waals surface area contributed by atoms with Gasteiger partial charge in [-0.3, -0.25) is 0 Å². The summed E-state index contributed by atoms with van der Waals surface area (Å²) >= 11 is 3.20. The minimum atomic E-state index is -4.13. The minimum Gasteiger partial charge on any atom is -0.399 e. The van der Waals surface area contributed by atoms with Crippen LogP contribution < -0.4 is 11.1 Å². The molecule has 1 aromatic rings. The van der Waals surface area contributed by atoms with E-state index in [1.165, 1.54) is 0 Å². The lowest BCUT2D eigenvalue weighted by atomic mass is 10.3. The van der Waals surface area contributed by atoms with Crippen molar-refractivity contribution in [3.63, 3.8) is 0 Å². The zero-order chi connectivity index (χ0) is 11.5. The lowest BCUT2D eigenvalue weighted by Gasteiger charge is -2.10. The van der Waals surface area contributed by atoms with E-state index in [4.69, 9.17) is 5.73 Å². The van der Waals surface area contributed by atoms with Crippen molar-refractivity contribution in [2.45, 2.75) is 12.6 Å². The van der Waals surface area contributed by atoms with E-state index in [0.717, 1.165) is 0 Å². The summed E-state index contributed by atoms with van der Waals surface area (Å²) in [5.74, 6) is 0. The van der Waals surface area contributed by atoms with Gasteiger partial charge in [-0.1, -0.05) is 0 Å². The predicted molar refractivity (Wildman–Crippen MR) is 57.7 cm³/mol. The monoisotopic (exact) mass is 282 g/mol. The Balaban J connectivity index is 2.51. The number of nitrogens with two attached hydrogens (primary N) is 1. The van der Waals surface area contributed by atoms with E-state index in [-0.39, 0.29) is 6.54 Å². The molecule has 0 aromatic heterocycles. The van der Waals surface area contributed by atoms with Gasteiger partial charge in [0.2, 0.25) is 0 Å². The zero-order valence-corrected chi connectivity index (χ0v) is 9.32. The lowest BCUT2D eigenvalue weighted by Crippen LogP contribution is -2.14. The average Bonchev–Trinajstić information content (AvgIpc) is 2.07. The van der Waals surface area contributed by atoms with Crippen molar-refractivity contribution in [2.75, 3.05) is 17.6 Å². The Bertz CT molecular complexity index is 339. The fraction of sp³-hybridized carbons (Fsp3) is 0.333. The second kappa shape index (κ2) is 4.74. The van der Waals surface area contributed by atoms with Crippen molar-refractivity contribution in [1.82, 2.24) is 0 Å². The molecule has 0 bridgehead atoms. The standard InChI is InChI=1S/C9H10BrF3N2/c10-7-5-6(14)1-2-8(7)15-4-3-9(11,12)13/h1-2,5,15H,3-4,14H2. The van der Waals surface area contributed by atoms with Crippen LogP contribution in [0.15, 0.2) is 22.7 Å². The molecule has 0 aliphatic rings. The quantitative estimate of drug-likeness (QED) is 0.834. The molecular weight excluding hydrogens is 273 g/mol. The summed E-state index contributed by atoms with van der Waals surface area (Å²) in [6.45, 7) is -0.147. The molecule has 0 fully saturated rings. The normalized spacial score (nSPS) is 11.5. The fourth-order valence-electron chi connectivity index (χ4n) is 1.01. The molecule has 0 unspecified atom stereocenters. The maximum Gasteiger partial charge on any atom is 0.390 e. The molecule has 0 atom stereocenters. The number of rotatable bonds is 3. The van der Waals surface area contributed by atoms with Gasteiger partial charge in [0.15, 0.2) is 0 Å². The number of nitrogens with one attached hydrogen (secondary N) is 1. The maximum absolute atomic E-state index is 11.9. The first kappa shape index (κ1) is 12.2. The zero-order valence-electron chi connectivity index (χ0n) is 7.74. The first-order valence-electron chi connectivity index (χ1n) is 4.24. The van der Waals surface area contributed by atoms with Crippen LogP contribution in [-0.2, 0) is 0 Å². The topological polar surface area (TPSA) is 38.0 Å². The number of benzene rings is 1. The Labute approximate surface area is 93.8 Å². The molecular formula is C9H10BrF3N2. The van der Waals surface area contributed by atoms with E-state index in [0.29, 0.717) is 15.8 Å². The highest BCUT2D eigenvalue weighted by Gasteiger charge is 2.26. The van der Waals surface area contributed by atoms with Gasteiger partial charge < -0.3 is 11.1 Å². The third-order valence-electron chi connectivity index (χ3n) is 1.72. The van der Waals surface area contributed by atoms with Crippen LogP contribution in [0.3, 0.4) is 0 Å². The molecule has 0 aliphatic heterocycles. The van der Waals surface area contributed by atoms with Gasteiger partial charge >= 0.3 is 6.18 Å². The Hall–Kier alpha value is -0.910. The molecule has 0 saturated heterocycles. The summed E-state index contributed by atoms with van der Waals surface area (Å²) in [5, 5.41) is 2.67. The number of alkyl halides is 3. The van der Waals surface area contributed by atoms with Gasteiger partial charge in [-0.05, 0) is 34.1 Å². The van der Waals surface area contributed by atoms with Crippen molar-refractivity contribution in [2.24, 2.45) is 0 Å². The van der Waals surface area contributed by atoms with Crippen LogP contribution in [0.1, 0.15) is 6.42 Å². The first-order valence-corrected chi connectivity index (χ1v) is 5.03. The van der Waals surface area contributed by atoms with Gasteiger partial charge in [-0.2, -0.15) is 13.2 Å². The number of hydrogen-bond donors (Lipinski definition) is 2. The van der Waals surface area contributed by atoms with Crippen LogP contribution in [0.2, 0.25) is 0 Å². The Kier molecular flexibility index (Phi) is 3.84. The van der Waals surface area contributed by atoms with Gasteiger partial charge in [0.25, 0.3) is 0 Å². The lowest BCUT2D eigenvalue weighted by molar-refractivity contribution is -0.131. The Morgan fingerprint density at radius 2 is 2.00 bits per heavy atom. The minimum absolute atomic E-state index is 0.147. The summed E-state index contributed by atoms with van der Waals surface area (Å²) in [6, 6.07) is 4.90. The highest BCUT2D eigenvalue weighted by molar-refractivity contribution is 9.10. The predicted octanol–water partition coefficient (Wildman–Crippen LogP) is 3.40. The Morgan fingerprint density at radius 3 is 2.53 bits per heavy atom. The van der Waals surface area contributed by atoms with Gasteiger partial charge in [0.1, 0.15) is 0 Å². The van der Waals surface area contributed by atoms with E-state index in [2.05, 4.69) is 21.2 Å². The molecule has 2 nitrogen and oxygen atoms in total. The largest absolute Gasteiger partial charge is 0.399 e. The van der Waals surface area contributed by atoms with Crippen molar-refractivity contribution in [3.05, 3.63) is 22.7 Å². The first-order chi connectivity index (χ1) is 6.88. The third kappa shape index (κ3) is 4.42. The molecule has 0 saturated carbocycles. The summed E-state index contributed by atoms with van der Waals surface area (Å²) < 4.78 is 36.2. The Morgan fingerprint density at radius 1 is 1.33 bits per heavy atom. The second-order valence-electron chi connectivity index (χ2n) is 3.03. The van der Waals surface area contributed by atoms with Crippen LogP contribution in [-0.4, -0.2) is 12.7 Å². The van der Waals surface area contributed by atoms with Crippen molar-refractivity contribution >= 4 is 27.3 Å². The molecule has 3 N–H and O–H groups in total. The molecule has 15 heavy (non-hydrogen) atoms. The van der Waals surface area contributed by atoms with E-state index in [9.17, 15) is 13.2 Å². The van der Waals surface area contributed by atoms with Gasteiger partial charge in [-0.15, -0.1) is 0 Å². The van der Waals surface area contributed by atoms with Crippen LogP contribution in [0, 0.1) is 0 Å². The molecule has 0 amide bonds. The van der Waals surface area contributed by atoms with Gasteiger partial charge in [-0.25, -0.2) is 0 Å². The maximum atomic E-state index is 11.9. The van der Waals surface area contributed by atoms with E-state index >= 15 is 0 Å². The fourth-order valence-corrected chi connectivity index (χ4v) is 1.55. The number of hydrogen-bond acceptors (Lipinski definition) is 2. The van der Waals surface area contributed by atoms with Crippen molar-refractivity contribution in [3.8, 4) is 0 Å². The summed E-state index contributed by atoms with van der Waals surface area (Å²) in [5.41, 5.74) is 6.65. The second-order valence-corrected chi connectivity index (χ2v) is 3.89. The van der Waals surface area contributed by atoms with Crippen LogP contribution in [0.5, 0.6) is 0 Å². The molecule has 1 rings (SSSR count). The molecule has 6 heteroatoms. The molecule has 0 aliphatic carbocycles. The molecule has 1 aromatic carbocycles. The summed E-state index contributed by atoms with van der Waals surface area (Å²) in [6.07, 6.45) is -4.99. The molecule has 0 heterocycles. The SMILES string of the molecule is Nc1ccc(NCCC(F)(F)F)c(Br)c1. The van der Waals surface area contributed by atoms with Crippen molar-refractivity contribution in [1.29, 1.82) is 0 Å². The average molecular weight is 283 g/mol. The smallest absolute Gasteiger partial charge is 0.390 e. The van der Waals surface area contributed by atoms with Crippen LogP contribution in [0.25, 0.3) is 0 Å². The van der Waals surface area contributed by atoms with E-state index < -0.39 is 12.6 Å². The number of anilines is 2. The molecule has 0 radical (unpaired) electrons.